The largest absolute Gasteiger partial charge is 0.444 e. The van der Waals surface area contributed by atoms with Gasteiger partial charge in [-0.3, -0.25) is 0 Å². The third-order valence-corrected chi connectivity index (χ3v) is 3.52. The number of imidazole rings is 1. The van der Waals surface area contributed by atoms with Crippen molar-refractivity contribution in [2.45, 2.75) is 59.2 Å². The zero-order valence-electron chi connectivity index (χ0n) is 12.8. The topological polar surface area (TPSA) is 56.2 Å². The van der Waals surface area contributed by atoms with Gasteiger partial charge in [-0.05, 0) is 45.4 Å². The van der Waals surface area contributed by atoms with Crippen LogP contribution >= 0.6 is 0 Å². The minimum absolute atomic E-state index is 0.388. The first-order valence-corrected chi connectivity index (χ1v) is 7.31. The number of carbonyl (C=O) groups excluding carboxylic acids is 1. The van der Waals surface area contributed by atoms with E-state index in [1.54, 1.807) is 6.20 Å². The predicted octanol–water partition coefficient (Wildman–Crippen LogP) is 2.95. The molecule has 0 saturated heterocycles. The minimum Gasteiger partial charge on any atom is -0.444 e. The predicted molar refractivity (Wildman–Crippen MR) is 77.2 cm³/mol. The van der Waals surface area contributed by atoms with Crippen molar-refractivity contribution in [3.63, 3.8) is 0 Å². The maximum Gasteiger partial charge on any atom is 0.407 e. The van der Waals surface area contributed by atoms with E-state index in [1.165, 1.54) is 12.8 Å². The molecule has 1 N–H and O–H groups in total. The van der Waals surface area contributed by atoms with Gasteiger partial charge in [0, 0.05) is 12.7 Å². The Bertz CT molecular complexity index is 458. The quantitative estimate of drug-likeness (QED) is 0.901. The van der Waals surface area contributed by atoms with Crippen LogP contribution in [0.5, 0.6) is 0 Å². The van der Waals surface area contributed by atoms with E-state index in [1.807, 2.05) is 27.1 Å². The van der Waals surface area contributed by atoms with Gasteiger partial charge in [-0.25, -0.2) is 9.78 Å². The molecule has 0 spiro atoms. The van der Waals surface area contributed by atoms with Crippen molar-refractivity contribution in [1.82, 2.24) is 14.9 Å². The van der Waals surface area contributed by atoms with E-state index in [-0.39, 0.29) is 6.09 Å². The van der Waals surface area contributed by atoms with Crippen LogP contribution in [0, 0.1) is 11.8 Å². The molecule has 5 heteroatoms. The fourth-order valence-electron chi connectivity index (χ4n) is 2.26. The molecule has 112 valence electrons. The number of ether oxygens (including phenoxy) is 1. The lowest BCUT2D eigenvalue weighted by atomic mass is 10.1. The van der Waals surface area contributed by atoms with Gasteiger partial charge in [0.1, 0.15) is 5.60 Å². The van der Waals surface area contributed by atoms with Crippen LogP contribution in [0.15, 0.2) is 12.5 Å². The van der Waals surface area contributed by atoms with Crippen LogP contribution < -0.4 is 5.32 Å². The summed E-state index contributed by atoms with van der Waals surface area (Å²) in [5, 5.41) is 2.78. The summed E-state index contributed by atoms with van der Waals surface area (Å²) in [5.74, 6) is 1.54. The fourth-order valence-corrected chi connectivity index (χ4v) is 2.26. The number of nitrogens with zero attached hydrogens (tertiary/aromatic N) is 2. The Labute approximate surface area is 120 Å². The van der Waals surface area contributed by atoms with Crippen LogP contribution in [0.4, 0.5) is 4.79 Å². The van der Waals surface area contributed by atoms with Crippen LogP contribution in [-0.4, -0.2) is 21.2 Å². The minimum atomic E-state index is -0.467. The lowest BCUT2D eigenvalue weighted by Crippen LogP contribution is -2.32. The van der Waals surface area contributed by atoms with Crippen LogP contribution in [0.2, 0.25) is 0 Å². The standard InChI is InChI=1S/C15H25N3O2/c1-11(12-5-6-12)9-18-10-16-7-13(18)8-17-14(19)20-15(2,3)4/h7,10-12H,5-6,8-9H2,1-4H3,(H,17,19). The van der Waals surface area contributed by atoms with Crippen LogP contribution in [0.25, 0.3) is 0 Å². The molecular weight excluding hydrogens is 254 g/mol. The van der Waals surface area contributed by atoms with Crippen molar-refractivity contribution in [2.75, 3.05) is 0 Å². The van der Waals surface area contributed by atoms with Gasteiger partial charge in [0.15, 0.2) is 0 Å². The maximum atomic E-state index is 11.6. The molecule has 1 aromatic heterocycles. The normalized spacial score (nSPS) is 16.8. The summed E-state index contributed by atoms with van der Waals surface area (Å²) in [7, 11) is 0. The van der Waals surface area contributed by atoms with Gasteiger partial charge in [0.25, 0.3) is 0 Å². The molecule has 1 unspecified atom stereocenters. The molecule has 1 atom stereocenters. The molecule has 1 heterocycles. The number of carbonyl (C=O) groups is 1. The summed E-state index contributed by atoms with van der Waals surface area (Å²) in [4.78, 5) is 15.8. The van der Waals surface area contributed by atoms with Gasteiger partial charge in [-0.1, -0.05) is 6.92 Å². The highest BCUT2D eigenvalue weighted by Crippen LogP contribution is 2.37. The molecule has 1 saturated carbocycles. The molecule has 1 aliphatic rings. The van der Waals surface area contributed by atoms with Gasteiger partial charge >= 0.3 is 6.09 Å². The molecule has 1 fully saturated rings. The average Bonchev–Trinajstić information content (AvgIpc) is 3.07. The molecular formula is C15H25N3O2. The van der Waals surface area contributed by atoms with Crippen molar-refractivity contribution >= 4 is 6.09 Å². The van der Waals surface area contributed by atoms with Crippen LogP contribution in [0.1, 0.15) is 46.2 Å². The average molecular weight is 279 g/mol. The molecule has 1 aliphatic carbocycles. The van der Waals surface area contributed by atoms with Gasteiger partial charge in [-0.15, -0.1) is 0 Å². The van der Waals surface area contributed by atoms with Crippen molar-refractivity contribution in [2.24, 2.45) is 11.8 Å². The van der Waals surface area contributed by atoms with Crippen molar-refractivity contribution in [3.05, 3.63) is 18.2 Å². The summed E-state index contributed by atoms with van der Waals surface area (Å²) < 4.78 is 7.35. The number of rotatable bonds is 5. The van der Waals surface area contributed by atoms with E-state index in [9.17, 15) is 4.79 Å². The summed E-state index contributed by atoms with van der Waals surface area (Å²) >= 11 is 0. The highest BCUT2D eigenvalue weighted by molar-refractivity contribution is 5.67. The van der Waals surface area contributed by atoms with E-state index < -0.39 is 5.60 Å². The second-order valence-corrected chi connectivity index (χ2v) is 6.71. The Morgan fingerprint density at radius 2 is 2.25 bits per heavy atom. The molecule has 2 rings (SSSR count). The lowest BCUT2D eigenvalue weighted by Gasteiger charge is -2.20. The Hall–Kier alpha value is -1.52. The summed E-state index contributed by atoms with van der Waals surface area (Å²) in [6, 6.07) is 0. The van der Waals surface area contributed by atoms with E-state index in [4.69, 9.17) is 4.74 Å². The Balaban J connectivity index is 1.83. The Morgan fingerprint density at radius 3 is 2.85 bits per heavy atom. The lowest BCUT2D eigenvalue weighted by molar-refractivity contribution is 0.0522. The number of amides is 1. The van der Waals surface area contributed by atoms with Gasteiger partial charge in [0.2, 0.25) is 0 Å². The highest BCUT2D eigenvalue weighted by atomic mass is 16.6. The first-order chi connectivity index (χ1) is 9.35. The van der Waals surface area contributed by atoms with Crippen LogP contribution in [0.3, 0.4) is 0 Å². The number of aromatic nitrogens is 2. The Morgan fingerprint density at radius 1 is 1.55 bits per heavy atom. The van der Waals surface area contributed by atoms with Crippen LogP contribution in [-0.2, 0) is 17.8 Å². The zero-order chi connectivity index (χ0) is 14.8. The number of alkyl carbamates (subject to hydrolysis) is 1. The van der Waals surface area contributed by atoms with E-state index in [0.717, 1.165) is 18.2 Å². The first kappa shape index (κ1) is 14.9. The van der Waals surface area contributed by atoms with E-state index >= 15 is 0 Å². The zero-order valence-corrected chi connectivity index (χ0v) is 12.8. The SMILES string of the molecule is CC(Cn1cncc1CNC(=O)OC(C)(C)C)C1CC1. The molecule has 1 aromatic rings. The number of hydrogen-bond acceptors (Lipinski definition) is 3. The second kappa shape index (κ2) is 5.85. The molecule has 0 aliphatic heterocycles. The molecule has 1 amide bonds. The molecule has 0 radical (unpaired) electrons. The van der Waals surface area contributed by atoms with E-state index in [2.05, 4.69) is 21.8 Å². The smallest absolute Gasteiger partial charge is 0.407 e. The summed E-state index contributed by atoms with van der Waals surface area (Å²) in [6.45, 7) is 9.27. The first-order valence-electron chi connectivity index (χ1n) is 7.31. The van der Waals surface area contributed by atoms with Crippen molar-refractivity contribution in [3.8, 4) is 0 Å². The highest BCUT2D eigenvalue weighted by Gasteiger charge is 2.28. The van der Waals surface area contributed by atoms with Gasteiger partial charge < -0.3 is 14.6 Å². The molecule has 0 aromatic carbocycles. The number of nitrogens with one attached hydrogen (secondary N) is 1. The van der Waals surface area contributed by atoms with E-state index in [0.29, 0.717) is 12.5 Å². The maximum absolute atomic E-state index is 11.6. The molecule has 5 nitrogen and oxygen atoms in total. The van der Waals surface area contributed by atoms with Gasteiger partial charge in [-0.2, -0.15) is 0 Å². The molecule has 0 bridgehead atoms. The van der Waals surface area contributed by atoms with Crippen molar-refractivity contribution in [1.29, 1.82) is 0 Å². The second-order valence-electron chi connectivity index (χ2n) is 6.71. The fraction of sp³-hybridized carbons (Fsp3) is 0.733. The Kier molecular flexibility index (Phi) is 4.35. The third kappa shape index (κ3) is 4.54. The summed E-state index contributed by atoms with van der Waals surface area (Å²) in [5.41, 5.74) is 0.550. The molecule has 20 heavy (non-hydrogen) atoms. The third-order valence-electron chi connectivity index (χ3n) is 3.52. The van der Waals surface area contributed by atoms with Gasteiger partial charge in [0.05, 0.1) is 18.6 Å². The van der Waals surface area contributed by atoms with Crippen molar-refractivity contribution < 1.29 is 9.53 Å². The summed E-state index contributed by atoms with van der Waals surface area (Å²) in [6.07, 6.45) is 5.95. The number of hydrogen-bond donors (Lipinski definition) is 1. The monoisotopic (exact) mass is 279 g/mol.